The van der Waals surface area contributed by atoms with Crippen LogP contribution in [0.3, 0.4) is 0 Å². The lowest BCUT2D eigenvalue weighted by molar-refractivity contribution is -0.119. The molecule has 1 saturated heterocycles. The summed E-state index contributed by atoms with van der Waals surface area (Å²) in [6.07, 6.45) is 5.94. The average Bonchev–Trinajstić information content (AvgIpc) is 3.10. The number of ether oxygens (including phenoxy) is 1. The third kappa shape index (κ3) is 4.11. The van der Waals surface area contributed by atoms with Gasteiger partial charge in [-0.3, -0.25) is 4.79 Å². The van der Waals surface area contributed by atoms with Crippen molar-refractivity contribution >= 4 is 5.91 Å². The van der Waals surface area contributed by atoms with Crippen molar-refractivity contribution < 1.29 is 9.53 Å². The normalized spacial score (nSPS) is 29.9. The van der Waals surface area contributed by atoms with Crippen LogP contribution >= 0.6 is 0 Å². The fourth-order valence-electron chi connectivity index (χ4n) is 5.15. The molecule has 3 aliphatic rings. The number of rotatable bonds is 4. The van der Waals surface area contributed by atoms with E-state index in [0.717, 1.165) is 56.3 Å². The summed E-state index contributed by atoms with van der Waals surface area (Å²) in [4.78, 5) is 13.8. The van der Waals surface area contributed by atoms with Gasteiger partial charge in [-0.2, -0.15) is 5.26 Å². The zero-order valence-corrected chi connectivity index (χ0v) is 16.1. The predicted octanol–water partition coefficient (Wildman–Crippen LogP) is 3.05. The van der Waals surface area contributed by atoms with E-state index in [4.69, 9.17) is 4.74 Å². The van der Waals surface area contributed by atoms with Gasteiger partial charge in [0, 0.05) is 43.5 Å². The Hall–Kier alpha value is -2.06. The van der Waals surface area contributed by atoms with Gasteiger partial charge in [0.25, 0.3) is 0 Å². The van der Waals surface area contributed by atoms with Gasteiger partial charge in [0.05, 0.1) is 18.2 Å². The molecule has 4 rings (SSSR count). The molecule has 1 N–H and O–H groups in total. The van der Waals surface area contributed by atoms with E-state index >= 15 is 0 Å². The second kappa shape index (κ2) is 7.90. The number of nitrogens with one attached hydrogen (secondary N) is 1. The van der Waals surface area contributed by atoms with Crippen LogP contribution in [0.1, 0.15) is 56.1 Å². The molecule has 0 radical (unpaired) electrons. The fraction of sp³-hybridized carbons (Fsp3) is 0.636. The Kier molecular flexibility index (Phi) is 5.36. The number of amides is 1. The van der Waals surface area contributed by atoms with Crippen molar-refractivity contribution in [2.45, 2.75) is 51.0 Å². The van der Waals surface area contributed by atoms with Crippen LogP contribution in [-0.4, -0.2) is 43.1 Å². The molecule has 2 aliphatic heterocycles. The third-order valence-electron chi connectivity index (χ3n) is 6.62. The van der Waals surface area contributed by atoms with Crippen LogP contribution in [-0.2, 0) is 4.79 Å². The van der Waals surface area contributed by atoms with Crippen molar-refractivity contribution in [1.29, 1.82) is 5.26 Å². The van der Waals surface area contributed by atoms with Crippen LogP contribution in [0.4, 0.5) is 0 Å². The minimum atomic E-state index is 0.0974. The number of hydrogen-bond acceptors (Lipinski definition) is 4. The Bertz CT molecular complexity index is 734. The highest BCUT2D eigenvalue weighted by Gasteiger charge is 2.38. The maximum Gasteiger partial charge on any atom is 0.217 e. The van der Waals surface area contributed by atoms with Crippen LogP contribution in [0, 0.1) is 23.2 Å². The summed E-state index contributed by atoms with van der Waals surface area (Å²) >= 11 is 0. The Morgan fingerprint density at radius 1 is 1.30 bits per heavy atom. The summed E-state index contributed by atoms with van der Waals surface area (Å²) in [6, 6.07) is 8.48. The van der Waals surface area contributed by atoms with Gasteiger partial charge in [-0.05, 0) is 62.8 Å². The average molecular weight is 367 g/mol. The monoisotopic (exact) mass is 367 g/mol. The number of nitriles is 1. The predicted molar refractivity (Wildman–Crippen MR) is 104 cm³/mol. The molecule has 0 spiro atoms. The molecule has 5 heteroatoms. The molecular formula is C22H29N3O2. The van der Waals surface area contributed by atoms with Gasteiger partial charge in [0.1, 0.15) is 5.75 Å². The lowest BCUT2D eigenvalue weighted by Gasteiger charge is -2.30. The Morgan fingerprint density at radius 3 is 2.85 bits per heavy atom. The molecule has 27 heavy (non-hydrogen) atoms. The fourth-order valence-corrected chi connectivity index (χ4v) is 5.15. The minimum absolute atomic E-state index is 0.0974. The molecule has 1 aromatic rings. The van der Waals surface area contributed by atoms with E-state index < -0.39 is 0 Å². The van der Waals surface area contributed by atoms with Crippen LogP contribution < -0.4 is 10.1 Å². The second-order valence-electron chi connectivity index (χ2n) is 8.51. The van der Waals surface area contributed by atoms with E-state index in [1.54, 1.807) is 6.92 Å². The van der Waals surface area contributed by atoms with Gasteiger partial charge in [-0.25, -0.2) is 0 Å². The Balaban J connectivity index is 1.29. The van der Waals surface area contributed by atoms with Crippen molar-refractivity contribution in [3.05, 3.63) is 29.3 Å². The lowest BCUT2D eigenvalue weighted by Crippen LogP contribution is -2.36. The van der Waals surface area contributed by atoms with E-state index in [1.807, 2.05) is 18.2 Å². The molecule has 2 heterocycles. The number of benzene rings is 1. The first-order valence-electron chi connectivity index (χ1n) is 10.3. The first-order valence-corrected chi connectivity index (χ1v) is 10.3. The van der Waals surface area contributed by atoms with E-state index in [2.05, 4.69) is 16.3 Å². The number of hydrogen-bond donors (Lipinski definition) is 1. The summed E-state index contributed by atoms with van der Waals surface area (Å²) in [5.74, 6) is 2.89. The highest BCUT2D eigenvalue weighted by molar-refractivity contribution is 5.73. The van der Waals surface area contributed by atoms with Gasteiger partial charge in [-0.15, -0.1) is 0 Å². The molecule has 1 amide bonds. The molecular weight excluding hydrogens is 338 g/mol. The molecule has 0 aromatic heterocycles. The standard InChI is InChI=1S/C22H29N3O2/c1-15(26)24-19-5-2-16(3-6-19)8-9-25-12-18-14-27-22-7-4-17(11-23)10-20(22)21(18)13-25/h4,7,10,16,18-19,21H,2-3,5-6,8-9,12-14H2,1H3,(H,24,26)/t16-,18-,19-,21+/m0/s1. The molecule has 144 valence electrons. The second-order valence-corrected chi connectivity index (χ2v) is 8.51. The highest BCUT2D eigenvalue weighted by Crippen LogP contribution is 2.42. The molecule has 5 nitrogen and oxygen atoms in total. The maximum absolute atomic E-state index is 11.2. The third-order valence-corrected chi connectivity index (χ3v) is 6.62. The van der Waals surface area contributed by atoms with Gasteiger partial charge in [-0.1, -0.05) is 0 Å². The van der Waals surface area contributed by atoms with Crippen LogP contribution in [0.5, 0.6) is 5.75 Å². The summed E-state index contributed by atoms with van der Waals surface area (Å²) in [7, 11) is 0. The molecule has 1 saturated carbocycles. The van der Waals surface area contributed by atoms with E-state index in [0.29, 0.717) is 17.9 Å². The summed E-state index contributed by atoms with van der Waals surface area (Å²) in [5, 5.41) is 12.3. The largest absolute Gasteiger partial charge is 0.493 e. The number of carbonyl (C=O) groups excluding carboxylic acids is 1. The lowest BCUT2D eigenvalue weighted by atomic mass is 9.84. The first kappa shape index (κ1) is 18.3. The zero-order chi connectivity index (χ0) is 18.8. The Labute approximate surface area is 161 Å². The van der Waals surface area contributed by atoms with Gasteiger partial charge < -0.3 is 15.0 Å². The van der Waals surface area contributed by atoms with Crippen molar-refractivity contribution in [3.8, 4) is 11.8 Å². The summed E-state index contributed by atoms with van der Waals surface area (Å²) in [6.45, 7) is 5.73. The maximum atomic E-state index is 11.2. The van der Waals surface area contributed by atoms with Gasteiger partial charge in [0.2, 0.25) is 5.91 Å². The van der Waals surface area contributed by atoms with Gasteiger partial charge in [0.15, 0.2) is 0 Å². The van der Waals surface area contributed by atoms with Crippen molar-refractivity contribution in [2.24, 2.45) is 11.8 Å². The molecule has 2 atom stereocenters. The Morgan fingerprint density at radius 2 is 2.11 bits per heavy atom. The molecule has 1 aliphatic carbocycles. The SMILES string of the molecule is CC(=O)N[C@H]1CC[C@H](CCN2C[C@H]3COc4ccc(C#N)cc4[C@@H]3C2)CC1. The zero-order valence-electron chi connectivity index (χ0n) is 16.1. The molecule has 0 unspecified atom stereocenters. The summed E-state index contributed by atoms with van der Waals surface area (Å²) in [5.41, 5.74) is 1.95. The van der Waals surface area contributed by atoms with Crippen LogP contribution in [0.25, 0.3) is 0 Å². The smallest absolute Gasteiger partial charge is 0.217 e. The van der Waals surface area contributed by atoms with Gasteiger partial charge >= 0.3 is 0 Å². The summed E-state index contributed by atoms with van der Waals surface area (Å²) < 4.78 is 5.95. The number of likely N-dealkylation sites (tertiary alicyclic amines) is 1. The van der Waals surface area contributed by atoms with E-state index in [-0.39, 0.29) is 5.91 Å². The number of nitrogens with zero attached hydrogens (tertiary/aromatic N) is 2. The molecule has 2 fully saturated rings. The van der Waals surface area contributed by atoms with E-state index in [1.165, 1.54) is 24.8 Å². The molecule has 1 aromatic carbocycles. The highest BCUT2D eigenvalue weighted by atomic mass is 16.5. The van der Waals surface area contributed by atoms with Crippen molar-refractivity contribution in [2.75, 3.05) is 26.2 Å². The van der Waals surface area contributed by atoms with Crippen LogP contribution in [0.15, 0.2) is 18.2 Å². The molecule has 0 bridgehead atoms. The van der Waals surface area contributed by atoms with Crippen LogP contribution in [0.2, 0.25) is 0 Å². The van der Waals surface area contributed by atoms with Crippen molar-refractivity contribution in [3.63, 3.8) is 0 Å². The van der Waals surface area contributed by atoms with Crippen molar-refractivity contribution in [1.82, 2.24) is 10.2 Å². The quantitative estimate of drug-likeness (QED) is 0.888. The first-order chi connectivity index (χ1) is 13.1. The topological polar surface area (TPSA) is 65.4 Å². The number of fused-ring (bicyclic) bond motifs is 3. The van der Waals surface area contributed by atoms with E-state index in [9.17, 15) is 10.1 Å². The minimum Gasteiger partial charge on any atom is -0.493 e. The number of carbonyl (C=O) groups is 1.